The van der Waals surface area contributed by atoms with Crippen molar-refractivity contribution in [1.29, 1.82) is 0 Å². The van der Waals surface area contributed by atoms with Crippen LogP contribution in [-0.4, -0.2) is 35.3 Å². The third kappa shape index (κ3) is 4.05. The minimum Gasteiger partial charge on any atom is -0.350 e. The third-order valence-electron chi connectivity index (χ3n) is 5.36. The number of hydrogen-bond donors (Lipinski definition) is 2. The molecular formula is C19H24Cl2N4O. The van der Waals surface area contributed by atoms with Crippen LogP contribution in [-0.2, 0) is 5.41 Å². The second-order valence-corrected chi connectivity index (χ2v) is 7.59. The first-order valence-electron chi connectivity index (χ1n) is 8.96. The molecule has 2 heterocycles. The number of carbonyl (C=O) groups is 1. The predicted molar refractivity (Wildman–Crippen MR) is 105 cm³/mol. The van der Waals surface area contributed by atoms with Crippen LogP contribution in [0, 0.1) is 0 Å². The summed E-state index contributed by atoms with van der Waals surface area (Å²) in [6, 6.07) is 10.1. The zero-order chi connectivity index (χ0) is 17.3. The van der Waals surface area contributed by atoms with E-state index in [9.17, 15) is 4.79 Å². The van der Waals surface area contributed by atoms with Crippen LogP contribution in [0.4, 0.5) is 0 Å². The number of amides is 1. The van der Waals surface area contributed by atoms with Crippen molar-refractivity contribution >= 4 is 29.9 Å². The van der Waals surface area contributed by atoms with Gasteiger partial charge in [-0.05, 0) is 56.0 Å². The summed E-state index contributed by atoms with van der Waals surface area (Å²) < 4.78 is 1.92. The summed E-state index contributed by atoms with van der Waals surface area (Å²) in [7, 11) is 0. The van der Waals surface area contributed by atoms with Crippen molar-refractivity contribution in [1.82, 2.24) is 20.4 Å². The lowest BCUT2D eigenvalue weighted by atomic mass is 9.96. The van der Waals surface area contributed by atoms with Crippen LogP contribution in [0.25, 0.3) is 0 Å². The number of benzene rings is 1. The first-order valence-corrected chi connectivity index (χ1v) is 9.34. The molecule has 2 aliphatic rings. The molecular weight excluding hydrogens is 371 g/mol. The molecule has 2 N–H and O–H groups in total. The molecule has 2 aromatic rings. The molecule has 1 unspecified atom stereocenters. The van der Waals surface area contributed by atoms with E-state index in [0.29, 0.717) is 18.3 Å². The summed E-state index contributed by atoms with van der Waals surface area (Å²) in [5, 5.41) is 11.7. The Hall–Kier alpha value is -1.56. The Morgan fingerprint density at radius 2 is 2.23 bits per heavy atom. The molecule has 1 amide bonds. The van der Waals surface area contributed by atoms with Crippen molar-refractivity contribution in [2.24, 2.45) is 0 Å². The lowest BCUT2D eigenvalue weighted by Crippen LogP contribution is -2.33. The second-order valence-electron chi connectivity index (χ2n) is 7.15. The van der Waals surface area contributed by atoms with Gasteiger partial charge in [-0.1, -0.05) is 23.7 Å². The molecule has 1 aromatic carbocycles. The van der Waals surface area contributed by atoms with Crippen LogP contribution in [0.5, 0.6) is 0 Å². The average molecular weight is 395 g/mol. The van der Waals surface area contributed by atoms with Gasteiger partial charge in [-0.2, -0.15) is 5.10 Å². The molecule has 5 nitrogen and oxygen atoms in total. The molecule has 4 rings (SSSR count). The highest BCUT2D eigenvalue weighted by Crippen LogP contribution is 2.48. The summed E-state index contributed by atoms with van der Waals surface area (Å²) in [6.45, 7) is 2.61. The minimum atomic E-state index is -0.101. The van der Waals surface area contributed by atoms with Gasteiger partial charge < -0.3 is 10.6 Å². The van der Waals surface area contributed by atoms with E-state index in [1.807, 2.05) is 35.1 Å². The van der Waals surface area contributed by atoms with E-state index in [2.05, 4.69) is 21.8 Å². The van der Waals surface area contributed by atoms with Crippen LogP contribution in [0.3, 0.4) is 0 Å². The zero-order valence-corrected chi connectivity index (χ0v) is 16.2. The number of nitrogens with zero attached hydrogens (tertiary/aromatic N) is 2. The van der Waals surface area contributed by atoms with Gasteiger partial charge >= 0.3 is 0 Å². The third-order valence-corrected chi connectivity index (χ3v) is 5.60. The Morgan fingerprint density at radius 1 is 1.38 bits per heavy atom. The van der Waals surface area contributed by atoms with E-state index in [4.69, 9.17) is 11.6 Å². The number of halogens is 2. The molecule has 1 aromatic heterocycles. The van der Waals surface area contributed by atoms with Gasteiger partial charge in [-0.25, -0.2) is 0 Å². The molecule has 0 spiro atoms. The Labute approximate surface area is 164 Å². The molecule has 1 atom stereocenters. The number of carbonyl (C=O) groups excluding carboxylic acids is 1. The molecule has 1 aliphatic carbocycles. The Bertz CT molecular complexity index is 766. The average Bonchev–Trinajstić information content (AvgIpc) is 3.27. The van der Waals surface area contributed by atoms with E-state index in [1.165, 1.54) is 5.56 Å². The van der Waals surface area contributed by atoms with Gasteiger partial charge in [0.1, 0.15) is 5.69 Å². The fraction of sp³-hybridized carbons (Fsp3) is 0.474. The Kier molecular flexibility index (Phi) is 5.90. The predicted octanol–water partition coefficient (Wildman–Crippen LogP) is 3.34. The van der Waals surface area contributed by atoms with Gasteiger partial charge in [0.05, 0.1) is 6.04 Å². The molecule has 1 saturated carbocycles. The van der Waals surface area contributed by atoms with E-state index < -0.39 is 0 Å². The lowest BCUT2D eigenvalue weighted by Gasteiger charge is -2.22. The minimum absolute atomic E-state index is 0. The van der Waals surface area contributed by atoms with Crippen molar-refractivity contribution in [2.75, 3.05) is 19.6 Å². The highest BCUT2D eigenvalue weighted by Gasteiger charge is 2.44. The number of nitrogens with one attached hydrogen (secondary N) is 2. The molecule has 1 aliphatic heterocycles. The van der Waals surface area contributed by atoms with Crippen LogP contribution in [0.15, 0.2) is 36.5 Å². The first-order chi connectivity index (χ1) is 12.2. The quantitative estimate of drug-likeness (QED) is 0.817. The van der Waals surface area contributed by atoms with Crippen LogP contribution in [0.1, 0.15) is 47.8 Å². The van der Waals surface area contributed by atoms with E-state index in [1.54, 1.807) is 0 Å². The van der Waals surface area contributed by atoms with E-state index in [-0.39, 0.29) is 23.7 Å². The standard InChI is InChI=1S/C19H23ClN4O.ClH/c20-15-4-1-3-14(11-15)19(7-8-19)13-22-18(25)17-6-10-24(23-17)16-5-2-9-21-12-16;/h1,3-4,6,10-11,16,21H,2,5,7-9,12-13H2,(H,22,25);1H. The SMILES string of the molecule is Cl.O=C(NCC1(c2cccc(Cl)c2)CC1)c1ccn(C2CCCNC2)n1. The maximum absolute atomic E-state index is 12.5. The van der Waals surface area contributed by atoms with E-state index in [0.717, 1.165) is 43.8 Å². The number of aromatic nitrogens is 2. The summed E-state index contributed by atoms with van der Waals surface area (Å²) >= 11 is 6.11. The lowest BCUT2D eigenvalue weighted by molar-refractivity contribution is 0.0943. The van der Waals surface area contributed by atoms with Crippen LogP contribution in [0.2, 0.25) is 5.02 Å². The number of hydrogen-bond acceptors (Lipinski definition) is 3. The summed E-state index contributed by atoms with van der Waals surface area (Å²) in [4.78, 5) is 12.5. The summed E-state index contributed by atoms with van der Waals surface area (Å²) in [5.74, 6) is -0.101. The maximum Gasteiger partial charge on any atom is 0.271 e. The highest BCUT2D eigenvalue weighted by molar-refractivity contribution is 6.30. The van der Waals surface area contributed by atoms with Gasteiger partial charge in [0, 0.05) is 29.7 Å². The van der Waals surface area contributed by atoms with Crippen molar-refractivity contribution in [3.05, 3.63) is 52.8 Å². The maximum atomic E-state index is 12.5. The van der Waals surface area contributed by atoms with Crippen LogP contribution >= 0.6 is 24.0 Å². The number of rotatable bonds is 5. The normalized spacial score (nSPS) is 20.9. The fourth-order valence-corrected chi connectivity index (χ4v) is 3.79. The Morgan fingerprint density at radius 3 is 2.92 bits per heavy atom. The van der Waals surface area contributed by atoms with Gasteiger partial charge in [0.2, 0.25) is 0 Å². The largest absolute Gasteiger partial charge is 0.350 e. The van der Waals surface area contributed by atoms with Crippen molar-refractivity contribution in [3.63, 3.8) is 0 Å². The van der Waals surface area contributed by atoms with Crippen molar-refractivity contribution < 1.29 is 4.79 Å². The monoisotopic (exact) mass is 394 g/mol. The highest BCUT2D eigenvalue weighted by atomic mass is 35.5. The van der Waals surface area contributed by atoms with Gasteiger partial charge in [0.25, 0.3) is 5.91 Å². The molecule has 1 saturated heterocycles. The van der Waals surface area contributed by atoms with Crippen molar-refractivity contribution in [2.45, 2.75) is 37.1 Å². The van der Waals surface area contributed by atoms with Crippen molar-refractivity contribution in [3.8, 4) is 0 Å². The molecule has 0 radical (unpaired) electrons. The molecule has 0 bridgehead atoms. The van der Waals surface area contributed by atoms with Gasteiger partial charge in [0.15, 0.2) is 0 Å². The molecule has 7 heteroatoms. The topological polar surface area (TPSA) is 59.0 Å². The molecule has 2 fully saturated rings. The fourth-order valence-electron chi connectivity index (χ4n) is 3.60. The summed E-state index contributed by atoms with van der Waals surface area (Å²) in [6.07, 6.45) is 6.32. The summed E-state index contributed by atoms with van der Waals surface area (Å²) in [5.41, 5.74) is 1.74. The molecule has 26 heavy (non-hydrogen) atoms. The first kappa shape index (κ1) is 19.2. The van der Waals surface area contributed by atoms with E-state index >= 15 is 0 Å². The molecule has 140 valence electrons. The second kappa shape index (κ2) is 7.99. The van der Waals surface area contributed by atoms with Crippen LogP contribution < -0.4 is 10.6 Å². The Balaban J connectivity index is 0.00000196. The van der Waals surface area contributed by atoms with Gasteiger partial charge in [-0.15, -0.1) is 12.4 Å². The smallest absolute Gasteiger partial charge is 0.271 e. The van der Waals surface area contributed by atoms with Gasteiger partial charge in [-0.3, -0.25) is 9.48 Å². The zero-order valence-electron chi connectivity index (χ0n) is 14.6. The number of piperidine rings is 1.